The third-order valence-corrected chi connectivity index (χ3v) is 4.30. The van der Waals surface area contributed by atoms with Crippen molar-refractivity contribution < 1.29 is 14.4 Å². The Morgan fingerprint density at radius 2 is 1.80 bits per heavy atom. The van der Waals surface area contributed by atoms with E-state index in [0.29, 0.717) is 35.3 Å². The van der Waals surface area contributed by atoms with Gasteiger partial charge in [-0.15, -0.1) is 0 Å². The van der Waals surface area contributed by atoms with Crippen LogP contribution in [0.2, 0.25) is 0 Å². The molecule has 6 heteroatoms. The van der Waals surface area contributed by atoms with Gasteiger partial charge in [0.15, 0.2) is 11.6 Å². The number of amides is 1. The predicted octanol–water partition coefficient (Wildman–Crippen LogP) is 2.59. The van der Waals surface area contributed by atoms with E-state index in [2.05, 4.69) is 10.3 Å². The smallest absolute Gasteiger partial charge is 0.261 e. The average Bonchev–Trinajstić information content (AvgIpc) is 2.54. The molecule has 25 heavy (non-hydrogen) atoms. The lowest BCUT2D eigenvalue weighted by molar-refractivity contribution is 0.0951. The van der Waals surface area contributed by atoms with Gasteiger partial charge in [0.25, 0.3) is 11.5 Å². The molecule has 2 N–H and O–H groups in total. The Morgan fingerprint density at radius 1 is 1.12 bits per heavy atom. The van der Waals surface area contributed by atoms with Crippen molar-refractivity contribution in [1.29, 1.82) is 0 Å². The van der Waals surface area contributed by atoms with E-state index in [1.807, 2.05) is 6.92 Å². The first-order valence-corrected chi connectivity index (χ1v) is 8.07. The molecule has 1 heterocycles. The number of fused-ring (bicyclic) bond motifs is 1. The maximum Gasteiger partial charge on any atom is 0.261 e. The van der Waals surface area contributed by atoms with Gasteiger partial charge < -0.3 is 10.3 Å². The number of pyridine rings is 1. The lowest BCUT2D eigenvalue weighted by atomic mass is 9.86. The molecular formula is C19H18N2O4. The van der Waals surface area contributed by atoms with Crippen LogP contribution in [-0.2, 0) is 6.42 Å². The lowest BCUT2D eigenvalue weighted by Gasteiger charge is -2.20. The average molecular weight is 338 g/mol. The van der Waals surface area contributed by atoms with Gasteiger partial charge in [0, 0.05) is 28.9 Å². The number of rotatable bonds is 3. The van der Waals surface area contributed by atoms with Crippen LogP contribution >= 0.6 is 0 Å². The Balaban J connectivity index is 1.87. The Hall–Kier alpha value is -3.02. The van der Waals surface area contributed by atoms with Crippen LogP contribution in [0.15, 0.2) is 35.1 Å². The summed E-state index contributed by atoms with van der Waals surface area (Å²) in [6.45, 7) is 3.41. The fraction of sp³-hybridized carbons (Fsp3) is 0.263. The number of nitrogens with one attached hydrogen (secondary N) is 2. The van der Waals surface area contributed by atoms with Gasteiger partial charge in [-0.1, -0.05) is 6.92 Å². The first kappa shape index (κ1) is 16.8. The van der Waals surface area contributed by atoms with Crippen LogP contribution in [0.3, 0.4) is 0 Å². The molecule has 0 bridgehead atoms. The molecule has 1 aliphatic rings. The summed E-state index contributed by atoms with van der Waals surface area (Å²) in [7, 11) is 0. The fourth-order valence-electron chi connectivity index (χ4n) is 2.98. The van der Waals surface area contributed by atoms with Gasteiger partial charge in [-0.25, -0.2) is 0 Å². The highest BCUT2D eigenvalue weighted by atomic mass is 16.2. The summed E-state index contributed by atoms with van der Waals surface area (Å²) in [5.74, 6) is -0.553. The van der Waals surface area contributed by atoms with Gasteiger partial charge >= 0.3 is 0 Å². The van der Waals surface area contributed by atoms with E-state index >= 15 is 0 Å². The van der Waals surface area contributed by atoms with Crippen LogP contribution in [0.1, 0.15) is 57.0 Å². The molecule has 1 unspecified atom stereocenters. The molecule has 1 aromatic heterocycles. The van der Waals surface area contributed by atoms with Gasteiger partial charge in [0.05, 0.1) is 0 Å². The highest BCUT2D eigenvalue weighted by molar-refractivity contribution is 6.07. The number of carbonyl (C=O) groups is 3. The second-order valence-electron chi connectivity index (χ2n) is 6.43. The SMILES string of the molecule is CC(=O)c1ccc(NC(=O)c2cc3c([nH]c2=O)CC(C)CC3=O)cc1. The van der Waals surface area contributed by atoms with Crippen molar-refractivity contribution in [2.75, 3.05) is 5.32 Å². The summed E-state index contributed by atoms with van der Waals surface area (Å²) < 4.78 is 0. The van der Waals surface area contributed by atoms with Crippen LogP contribution < -0.4 is 10.9 Å². The maximum atomic E-state index is 12.4. The molecule has 0 radical (unpaired) electrons. The third-order valence-electron chi connectivity index (χ3n) is 4.30. The Kier molecular flexibility index (Phi) is 4.35. The summed E-state index contributed by atoms with van der Waals surface area (Å²) in [4.78, 5) is 50.7. The van der Waals surface area contributed by atoms with Crippen LogP contribution in [0, 0.1) is 5.92 Å². The number of benzene rings is 1. The molecule has 1 aliphatic carbocycles. The number of anilines is 1. The quantitative estimate of drug-likeness (QED) is 0.841. The Bertz CT molecular complexity index is 925. The fourth-order valence-corrected chi connectivity index (χ4v) is 2.98. The molecule has 1 aromatic carbocycles. The van der Waals surface area contributed by atoms with E-state index in [-0.39, 0.29) is 23.0 Å². The predicted molar refractivity (Wildman–Crippen MR) is 93.3 cm³/mol. The van der Waals surface area contributed by atoms with Crippen molar-refractivity contribution >= 4 is 23.2 Å². The van der Waals surface area contributed by atoms with E-state index in [9.17, 15) is 19.2 Å². The number of aromatic amines is 1. The molecule has 2 aromatic rings. The minimum absolute atomic E-state index is 0.0649. The monoisotopic (exact) mass is 338 g/mol. The molecule has 0 aliphatic heterocycles. The zero-order chi connectivity index (χ0) is 18.1. The summed E-state index contributed by atoms with van der Waals surface area (Å²) in [5, 5.41) is 2.61. The van der Waals surface area contributed by atoms with Crippen LogP contribution in [0.4, 0.5) is 5.69 Å². The lowest BCUT2D eigenvalue weighted by Crippen LogP contribution is -2.29. The van der Waals surface area contributed by atoms with Crippen molar-refractivity contribution in [2.45, 2.75) is 26.7 Å². The molecule has 0 fully saturated rings. The van der Waals surface area contributed by atoms with Gasteiger partial charge in [-0.05, 0) is 49.6 Å². The van der Waals surface area contributed by atoms with E-state index in [0.717, 1.165) is 0 Å². The number of ketones is 2. The summed E-state index contributed by atoms with van der Waals surface area (Å²) in [5.41, 5.74) is 1.39. The number of carbonyl (C=O) groups excluding carboxylic acids is 3. The number of aromatic nitrogens is 1. The van der Waals surface area contributed by atoms with Gasteiger partial charge in [-0.2, -0.15) is 0 Å². The number of H-pyrrole nitrogens is 1. The zero-order valence-corrected chi connectivity index (χ0v) is 14.0. The Labute approximate surface area is 144 Å². The molecule has 0 saturated carbocycles. The van der Waals surface area contributed by atoms with Crippen molar-refractivity contribution in [3.63, 3.8) is 0 Å². The number of Topliss-reactive ketones (excluding diaryl/α,β-unsaturated/α-hetero) is 2. The van der Waals surface area contributed by atoms with Crippen molar-refractivity contribution in [3.8, 4) is 0 Å². The third kappa shape index (κ3) is 3.42. The Morgan fingerprint density at radius 3 is 2.44 bits per heavy atom. The molecule has 128 valence electrons. The largest absolute Gasteiger partial charge is 0.325 e. The highest BCUT2D eigenvalue weighted by Gasteiger charge is 2.25. The van der Waals surface area contributed by atoms with Gasteiger partial charge in [-0.3, -0.25) is 19.2 Å². The van der Waals surface area contributed by atoms with E-state index in [4.69, 9.17) is 0 Å². The summed E-state index contributed by atoms with van der Waals surface area (Å²) >= 11 is 0. The minimum Gasteiger partial charge on any atom is -0.325 e. The minimum atomic E-state index is -0.592. The first-order chi connectivity index (χ1) is 11.8. The number of hydrogen-bond acceptors (Lipinski definition) is 4. The van der Waals surface area contributed by atoms with Crippen LogP contribution in [-0.4, -0.2) is 22.5 Å². The van der Waals surface area contributed by atoms with E-state index in [1.165, 1.54) is 13.0 Å². The molecule has 1 atom stereocenters. The van der Waals surface area contributed by atoms with E-state index < -0.39 is 11.5 Å². The van der Waals surface area contributed by atoms with Gasteiger partial charge in [0.1, 0.15) is 5.56 Å². The van der Waals surface area contributed by atoms with E-state index in [1.54, 1.807) is 24.3 Å². The second-order valence-corrected chi connectivity index (χ2v) is 6.43. The summed E-state index contributed by atoms with van der Waals surface area (Å²) in [6, 6.07) is 7.75. The van der Waals surface area contributed by atoms with Crippen molar-refractivity contribution in [2.24, 2.45) is 5.92 Å². The molecule has 0 spiro atoms. The van der Waals surface area contributed by atoms with Gasteiger partial charge in [0.2, 0.25) is 0 Å². The summed E-state index contributed by atoms with van der Waals surface area (Å²) in [6.07, 6.45) is 1.03. The van der Waals surface area contributed by atoms with Crippen LogP contribution in [0.5, 0.6) is 0 Å². The van der Waals surface area contributed by atoms with Crippen LogP contribution in [0.25, 0.3) is 0 Å². The molecule has 6 nitrogen and oxygen atoms in total. The maximum absolute atomic E-state index is 12.4. The second kappa shape index (κ2) is 6.47. The zero-order valence-electron chi connectivity index (χ0n) is 14.0. The van der Waals surface area contributed by atoms with Crippen molar-refractivity contribution in [1.82, 2.24) is 4.98 Å². The molecular weight excluding hydrogens is 320 g/mol. The molecule has 1 amide bonds. The molecule has 0 saturated heterocycles. The number of hydrogen-bond donors (Lipinski definition) is 2. The normalized spacial score (nSPS) is 16.2. The highest BCUT2D eigenvalue weighted by Crippen LogP contribution is 2.23. The first-order valence-electron chi connectivity index (χ1n) is 8.07. The topological polar surface area (TPSA) is 96.1 Å². The standard InChI is InChI=1S/C19H18N2O4/c1-10-7-16-14(17(23)8-10)9-15(19(25)21-16)18(24)20-13-5-3-12(4-6-13)11(2)22/h3-6,9-10H,7-8H2,1-2H3,(H,20,24)(H,21,25). The van der Waals surface area contributed by atoms with Crippen molar-refractivity contribution in [3.05, 3.63) is 63.1 Å². The molecule has 3 rings (SSSR count).